The van der Waals surface area contributed by atoms with Crippen LogP contribution in [0.15, 0.2) is 30.3 Å². The average Bonchev–Trinajstić information content (AvgIpc) is 3.35. The number of halogens is 2. The average molecular weight is 461 g/mol. The first kappa shape index (κ1) is 21.7. The lowest BCUT2D eigenvalue weighted by Crippen LogP contribution is -2.46. The van der Waals surface area contributed by atoms with E-state index in [2.05, 4.69) is 10.3 Å². The molecule has 162 valence electrons. The van der Waals surface area contributed by atoms with E-state index in [4.69, 9.17) is 32.7 Å². The van der Waals surface area contributed by atoms with Gasteiger partial charge in [0.2, 0.25) is 0 Å². The van der Waals surface area contributed by atoms with Gasteiger partial charge in [-0.3, -0.25) is 4.79 Å². The first-order valence-corrected chi connectivity index (χ1v) is 10.6. The van der Waals surface area contributed by atoms with Gasteiger partial charge in [-0.15, -0.1) is 0 Å². The van der Waals surface area contributed by atoms with E-state index in [-0.39, 0.29) is 5.91 Å². The van der Waals surface area contributed by atoms with Crippen molar-refractivity contribution in [2.75, 3.05) is 20.3 Å². The normalized spacial score (nSPS) is 18.4. The molecule has 0 bridgehead atoms. The smallest absolute Gasteiger partial charge is 0.338 e. The van der Waals surface area contributed by atoms with Crippen LogP contribution in [0.4, 0.5) is 0 Å². The van der Waals surface area contributed by atoms with Gasteiger partial charge in [0.05, 0.1) is 34.9 Å². The van der Waals surface area contributed by atoms with E-state index in [0.717, 1.165) is 27.6 Å². The Balaban J connectivity index is 1.71. The monoisotopic (exact) mass is 460 g/mol. The lowest BCUT2D eigenvalue weighted by Gasteiger charge is -2.30. The Kier molecular flexibility index (Phi) is 5.73. The fraction of sp³-hybridized carbons (Fsp3) is 0.304. The molecular formula is C23H22Cl2N2O4. The van der Waals surface area contributed by atoms with Gasteiger partial charge in [0, 0.05) is 23.9 Å². The Labute approximate surface area is 189 Å². The number of methoxy groups -OCH3 is 1. The van der Waals surface area contributed by atoms with Crippen molar-refractivity contribution in [2.24, 2.45) is 0 Å². The summed E-state index contributed by atoms with van der Waals surface area (Å²) < 4.78 is 10.5. The predicted molar refractivity (Wildman–Crippen MR) is 120 cm³/mol. The predicted octanol–water partition coefficient (Wildman–Crippen LogP) is 4.92. The molecule has 1 atom stereocenters. The Bertz CT molecular complexity index is 1200. The molecule has 1 aliphatic heterocycles. The molecule has 0 saturated carbocycles. The number of carbonyl (C=O) groups excluding carboxylic acids is 2. The number of hydrogen-bond donors (Lipinski definition) is 2. The maximum Gasteiger partial charge on any atom is 0.338 e. The summed E-state index contributed by atoms with van der Waals surface area (Å²) in [6.07, 6.45) is 0.613. The molecule has 1 aliphatic rings. The number of benzene rings is 2. The molecule has 2 heterocycles. The summed E-state index contributed by atoms with van der Waals surface area (Å²) in [6.45, 7) is 4.53. The SMILES string of the molecule is COC(=O)c1ccc(C2(NC(=O)c3[nH]c4ccc(Cl)c(Cl)c4c3C)CCOC2)cc1C. The Morgan fingerprint density at radius 2 is 1.97 bits per heavy atom. The summed E-state index contributed by atoms with van der Waals surface area (Å²) >= 11 is 12.5. The minimum Gasteiger partial charge on any atom is -0.465 e. The number of ether oxygens (including phenoxy) is 2. The van der Waals surface area contributed by atoms with Crippen LogP contribution in [0.1, 0.15) is 44.0 Å². The Morgan fingerprint density at radius 1 is 1.19 bits per heavy atom. The molecule has 4 rings (SSSR count). The highest BCUT2D eigenvalue weighted by Gasteiger charge is 2.39. The molecule has 1 saturated heterocycles. The molecule has 2 aromatic carbocycles. The summed E-state index contributed by atoms with van der Waals surface area (Å²) in [5, 5.41) is 4.75. The van der Waals surface area contributed by atoms with Crippen molar-refractivity contribution < 1.29 is 19.1 Å². The standard InChI is InChI=1S/C23H22Cl2N2O4/c1-12-10-14(4-5-15(12)22(29)30-3)23(8-9-31-11-23)27-21(28)20-13(2)18-17(26-20)7-6-16(24)19(18)25/h4-7,10,26H,8-9,11H2,1-3H3,(H,27,28). The second kappa shape index (κ2) is 8.19. The van der Waals surface area contributed by atoms with Crippen molar-refractivity contribution >= 4 is 46.0 Å². The third kappa shape index (κ3) is 3.69. The highest BCUT2D eigenvalue weighted by molar-refractivity contribution is 6.45. The first-order chi connectivity index (χ1) is 14.8. The molecule has 0 radical (unpaired) electrons. The van der Waals surface area contributed by atoms with Gasteiger partial charge in [-0.05, 0) is 48.7 Å². The quantitative estimate of drug-likeness (QED) is 0.541. The Morgan fingerprint density at radius 3 is 2.61 bits per heavy atom. The van der Waals surface area contributed by atoms with E-state index in [1.165, 1.54) is 7.11 Å². The number of nitrogens with one attached hydrogen (secondary N) is 2. The van der Waals surface area contributed by atoms with Gasteiger partial charge < -0.3 is 19.8 Å². The van der Waals surface area contributed by atoms with E-state index in [9.17, 15) is 9.59 Å². The zero-order chi connectivity index (χ0) is 22.3. The van der Waals surface area contributed by atoms with Gasteiger partial charge in [-0.25, -0.2) is 4.79 Å². The molecule has 2 N–H and O–H groups in total. The van der Waals surface area contributed by atoms with E-state index >= 15 is 0 Å². The molecule has 31 heavy (non-hydrogen) atoms. The van der Waals surface area contributed by atoms with Crippen LogP contribution >= 0.6 is 23.2 Å². The van der Waals surface area contributed by atoms with Crippen molar-refractivity contribution in [3.8, 4) is 0 Å². The van der Waals surface area contributed by atoms with Gasteiger partial charge in [-0.1, -0.05) is 35.3 Å². The molecule has 6 nitrogen and oxygen atoms in total. The minimum atomic E-state index is -0.707. The van der Waals surface area contributed by atoms with Gasteiger partial charge >= 0.3 is 5.97 Å². The van der Waals surface area contributed by atoms with Crippen LogP contribution < -0.4 is 5.32 Å². The lowest BCUT2D eigenvalue weighted by molar-refractivity contribution is 0.0599. The molecular weight excluding hydrogens is 439 g/mol. The van der Waals surface area contributed by atoms with Gasteiger partial charge in [0.1, 0.15) is 5.69 Å². The first-order valence-electron chi connectivity index (χ1n) is 9.83. The zero-order valence-electron chi connectivity index (χ0n) is 17.4. The van der Waals surface area contributed by atoms with Crippen LogP contribution in [0.3, 0.4) is 0 Å². The molecule has 1 amide bonds. The van der Waals surface area contributed by atoms with E-state index in [1.54, 1.807) is 18.2 Å². The summed E-state index contributed by atoms with van der Waals surface area (Å²) in [6, 6.07) is 8.95. The van der Waals surface area contributed by atoms with Crippen LogP contribution in [0.5, 0.6) is 0 Å². The number of rotatable bonds is 4. The van der Waals surface area contributed by atoms with E-state index in [1.807, 2.05) is 26.0 Å². The third-order valence-corrected chi connectivity index (χ3v) is 6.69. The van der Waals surface area contributed by atoms with Crippen LogP contribution in [0.25, 0.3) is 10.9 Å². The molecule has 0 spiro atoms. The van der Waals surface area contributed by atoms with Gasteiger partial charge in [-0.2, -0.15) is 0 Å². The largest absolute Gasteiger partial charge is 0.465 e. The van der Waals surface area contributed by atoms with Crippen LogP contribution in [-0.4, -0.2) is 37.2 Å². The molecule has 1 fully saturated rings. The van der Waals surface area contributed by atoms with Crippen molar-refractivity contribution in [1.82, 2.24) is 10.3 Å². The van der Waals surface area contributed by atoms with Gasteiger partial charge in [0.15, 0.2) is 0 Å². The number of amides is 1. The van der Waals surface area contributed by atoms with Gasteiger partial charge in [0.25, 0.3) is 5.91 Å². The van der Waals surface area contributed by atoms with E-state index in [0.29, 0.717) is 40.9 Å². The number of fused-ring (bicyclic) bond motifs is 1. The summed E-state index contributed by atoms with van der Waals surface area (Å²) in [5.74, 6) is -0.657. The summed E-state index contributed by atoms with van der Waals surface area (Å²) in [7, 11) is 1.35. The second-order valence-corrected chi connectivity index (χ2v) is 8.55. The van der Waals surface area contributed by atoms with Crippen molar-refractivity contribution in [3.63, 3.8) is 0 Å². The number of hydrogen-bond acceptors (Lipinski definition) is 4. The number of carbonyl (C=O) groups is 2. The molecule has 0 aliphatic carbocycles. The summed E-state index contributed by atoms with van der Waals surface area (Å²) in [5.41, 5.74) is 3.32. The maximum atomic E-state index is 13.3. The summed E-state index contributed by atoms with van der Waals surface area (Å²) in [4.78, 5) is 28.4. The zero-order valence-corrected chi connectivity index (χ0v) is 18.9. The number of aromatic amines is 1. The van der Waals surface area contributed by atoms with Crippen LogP contribution in [0, 0.1) is 13.8 Å². The van der Waals surface area contributed by atoms with Crippen LogP contribution in [0.2, 0.25) is 10.0 Å². The highest BCUT2D eigenvalue weighted by atomic mass is 35.5. The van der Waals surface area contributed by atoms with Crippen LogP contribution in [-0.2, 0) is 15.0 Å². The van der Waals surface area contributed by atoms with Crippen molar-refractivity contribution in [3.05, 3.63) is 68.3 Å². The molecule has 1 unspecified atom stereocenters. The number of aryl methyl sites for hydroxylation is 2. The second-order valence-electron chi connectivity index (χ2n) is 7.77. The van der Waals surface area contributed by atoms with E-state index < -0.39 is 11.5 Å². The maximum absolute atomic E-state index is 13.3. The van der Waals surface area contributed by atoms with Crippen molar-refractivity contribution in [1.29, 1.82) is 0 Å². The number of H-pyrrole nitrogens is 1. The molecule has 8 heteroatoms. The lowest BCUT2D eigenvalue weighted by atomic mass is 9.86. The molecule has 1 aromatic heterocycles. The third-order valence-electron chi connectivity index (χ3n) is 5.89. The minimum absolute atomic E-state index is 0.263. The molecule has 3 aromatic rings. The number of aromatic nitrogens is 1. The topological polar surface area (TPSA) is 80.4 Å². The Hall–Kier alpha value is -2.54. The fourth-order valence-corrected chi connectivity index (χ4v) is 4.61. The fourth-order valence-electron chi connectivity index (χ4n) is 4.15. The number of esters is 1. The highest BCUT2D eigenvalue weighted by Crippen LogP contribution is 2.36. The van der Waals surface area contributed by atoms with Crippen molar-refractivity contribution in [2.45, 2.75) is 25.8 Å².